The molecule has 5 nitrogen and oxygen atoms in total. The molecule has 0 saturated heterocycles. The summed E-state index contributed by atoms with van der Waals surface area (Å²) in [5, 5.41) is 0. The molecule has 0 unspecified atom stereocenters. The van der Waals surface area contributed by atoms with E-state index in [0.29, 0.717) is 24.5 Å². The first kappa shape index (κ1) is 19.5. The van der Waals surface area contributed by atoms with Gasteiger partial charge in [-0.15, -0.1) is 0 Å². The zero-order chi connectivity index (χ0) is 20.4. The molecule has 6 heteroatoms. The third-order valence-corrected chi connectivity index (χ3v) is 6.95. The van der Waals surface area contributed by atoms with E-state index in [-0.39, 0.29) is 0 Å². The van der Waals surface area contributed by atoms with Crippen molar-refractivity contribution in [3.63, 3.8) is 0 Å². The fourth-order valence-electron chi connectivity index (χ4n) is 3.63. The smallest absolute Gasteiger partial charge is 0.264 e. The van der Waals surface area contributed by atoms with Gasteiger partial charge >= 0.3 is 0 Å². The van der Waals surface area contributed by atoms with Crippen molar-refractivity contribution in [2.24, 2.45) is 0 Å². The summed E-state index contributed by atoms with van der Waals surface area (Å²) in [5.41, 5.74) is 4.77. The molecule has 0 saturated carbocycles. The molecular weight excluding hydrogens is 384 g/mol. The van der Waals surface area contributed by atoms with E-state index < -0.39 is 10.0 Å². The van der Waals surface area contributed by atoms with Crippen molar-refractivity contribution in [2.45, 2.75) is 31.6 Å². The van der Waals surface area contributed by atoms with Gasteiger partial charge in [-0.05, 0) is 84.5 Å². The Kier molecular flexibility index (Phi) is 5.28. The van der Waals surface area contributed by atoms with Gasteiger partial charge in [0.2, 0.25) is 0 Å². The average molecular weight is 409 g/mol. The molecule has 0 N–H and O–H groups in total. The van der Waals surface area contributed by atoms with E-state index in [4.69, 9.17) is 4.74 Å². The van der Waals surface area contributed by atoms with Crippen LogP contribution in [0.25, 0.3) is 11.1 Å². The highest BCUT2D eigenvalue weighted by atomic mass is 32.2. The van der Waals surface area contributed by atoms with Crippen molar-refractivity contribution in [3.05, 3.63) is 72.1 Å². The molecule has 0 aliphatic carbocycles. The monoisotopic (exact) mass is 408 g/mol. The Hall–Kier alpha value is -2.86. The van der Waals surface area contributed by atoms with Crippen molar-refractivity contribution in [2.75, 3.05) is 17.5 Å². The van der Waals surface area contributed by atoms with Crippen molar-refractivity contribution in [3.8, 4) is 16.9 Å². The molecule has 0 radical (unpaired) electrons. The lowest BCUT2D eigenvalue weighted by Gasteiger charge is -2.20. The summed E-state index contributed by atoms with van der Waals surface area (Å²) < 4.78 is 33.8. The number of benzene rings is 2. The number of fused-ring (bicyclic) bond motifs is 1. The standard InChI is InChI=1S/C23H24N2O3S/c1-3-14-28-23-7-5-21(15-17(23)2)29(26,27)25-13-10-20-16-19(4-6-22(20)25)18-8-11-24-12-9-18/h4-9,11-12,15-16H,3,10,13-14H2,1-2H3. The van der Waals surface area contributed by atoms with E-state index in [2.05, 4.69) is 11.1 Å². The summed E-state index contributed by atoms with van der Waals surface area (Å²) in [6.45, 7) is 4.98. The molecule has 1 aliphatic rings. The Labute approximate surface area is 172 Å². The van der Waals surface area contributed by atoms with Gasteiger partial charge in [0.15, 0.2) is 0 Å². The molecule has 0 bridgehead atoms. The summed E-state index contributed by atoms with van der Waals surface area (Å²) in [6.07, 6.45) is 5.13. The van der Waals surface area contributed by atoms with E-state index >= 15 is 0 Å². The molecule has 1 aromatic heterocycles. The Bertz CT molecular complexity index is 1130. The molecule has 0 amide bonds. The number of aromatic nitrogens is 1. The maximum Gasteiger partial charge on any atom is 0.264 e. The van der Waals surface area contributed by atoms with Crippen molar-refractivity contribution >= 4 is 15.7 Å². The lowest BCUT2D eigenvalue weighted by molar-refractivity contribution is 0.315. The Balaban J connectivity index is 1.64. The van der Waals surface area contributed by atoms with Crippen LogP contribution >= 0.6 is 0 Å². The van der Waals surface area contributed by atoms with E-state index in [1.165, 1.54) is 4.31 Å². The second kappa shape index (κ2) is 7.87. The lowest BCUT2D eigenvalue weighted by Crippen LogP contribution is -2.29. The van der Waals surface area contributed by atoms with Crippen LogP contribution in [0, 0.1) is 6.92 Å². The zero-order valence-corrected chi connectivity index (χ0v) is 17.4. The zero-order valence-electron chi connectivity index (χ0n) is 16.6. The molecule has 2 heterocycles. The van der Waals surface area contributed by atoms with Gasteiger partial charge in [-0.3, -0.25) is 9.29 Å². The van der Waals surface area contributed by atoms with Crippen LogP contribution in [0.4, 0.5) is 5.69 Å². The largest absolute Gasteiger partial charge is 0.493 e. The van der Waals surface area contributed by atoms with E-state index in [1.807, 2.05) is 38.1 Å². The van der Waals surface area contributed by atoms with Gasteiger partial charge in [0.25, 0.3) is 10.0 Å². The van der Waals surface area contributed by atoms with Crippen LogP contribution in [-0.2, 0) is 16.4 Å². The highest BCUT2D eigenvalue weighted by Gasteiger charge is 2.31. The van der Waals surface area contributed by atoms with Gasteiger partial charge < -0.3 is 4.74 Å². The highest BCUT2D eigenvalue weighted by Crippen LogP contribution is 2.36. The number of hydrogen-bond acceptors (Lipinski definition) is 4. The third-order valence-electron chi connectivity index (χ3n) is 5.14. The lowest BCUT2D eigenvalue weighted by atomic mass is 10.0. The summed E-state index contributed by atoms with van der Waals surface area (Å²) in [7, 11) is -3.62. The van der Waals surface area contributed by atoms with E-state index in [9.17, 15) is 8.42 Å². The molecule has 4 rings (SSSR count). The predicted octanol–water partition coefficient (Wildman–Crippen LogP) is 4.60. The molecule has 0 fully saturated rings. The van der Waals surface area contributed by atoms with Gasteiger partial charge in [-0.2, -0.15) is 0 Å². The number of nitrogens with zero attached hydrogens (tertiary/aromatic N) is 2. The van der Waals surface area contributed by atoms with Crippen LogP contribution in [0.1, 0.15) is 24.5 Å². The quantitative estimate of drug-likeness (QED) is 0.598. The molecular formula is C23H24N2O3S. The number of rotatable bonds is 6. The van der Waals surface area contributed by atoms with Gasteiger partial charge in [0.1, 0.15) is 5.75 Å². The topological polar surface area (TPSA) is 59.5 Å². The number of sulfonamides is 1. The summed E-state index contributed by atoms with van der Waals surface area (Å²) in [5.74, 6) is 0.731. The van der Waals surface area contributed by atoms with Gasteiger partial charge in [-0.1, -0.05) is 13.0 Å². The fourth-order valence-corrected chi connectivity index (χ4v) is 5.22. The summed E-state index contributed by atoms with van der Waals surface area (Å²) in [6, 6.07) is 14.9. The number of aryl methyl sites for hydroxylation is 1. The van der Waals surface area contributed by atoms with Gasteiger partial charge in [-0.25, -0.2) is 8.42 Å². The number of anilines is 1. The average Bonchev–Trinajstić information content (AvgIpc) is 3.17. The van der Waals surface area contributed by atoms with Crippen LogP contribution < -0.4 is 9.04 Å². The first-order valence-electron chi connectivity index (χ1n) is 9.80. The second-order valence-corrected chi connectivity index (χ2v) is 9.04. The number of ether oxygens (including phenoxy) is 1. The van der Waals surface area contributed by atoms with Crippen molar-refractivity contribution in [1.82, 2.24) is 4.98 Å². The third kappa shape index (κ3) is 3.72. The predicted molar refractivity (Wildman–Crippen MR) is 115 cm³/mol. The molecule has 1 aliphatic heterocycles. The maximum absolute atomic E-state index is 13.3. The van der Waals surface area contributed by atoms with Crippen molar-refractivity contribution in [1.29, 1.82) is 0 Å². The maximum atomic E-state index is 13.3. The molecule has 0 atom stereocenters. The van der Waals surface area contributed by atoms with Gasteiger partial charge in [0.05, 0.1) is 17.2 Å². The SMILES string of the molecule is CCCOc1ccc(S(=O)(=O)N2CCc3cc(-c4ccncc4)ccc32)cc1C. The normalized spacial score (nSPS) is 13.4. The molecule has 0 spiro atoms. The Morgan fingerprint density at radius 2 is 1.83 bits per heavy atom. The summed E-state index contributed by atoms with van der Waals surface area (Å²) >= 11 is 0. The van der Waals surface area contributed by atoms with Crippen LogP contribution in [0.5, 0.6) is 5.75 Å². The minimum absolute atomic E-state index is 0.296. The molecule has 29 heavy (non-hydrogen) atoms. The molecule has 150 valence electrons. The van der Waals surface area contributed by atoms with Crippen LogP contribution in [-0.4, -0.2) is 26.6 Å². The minimum Gasteiger partial charge on any atom is -0.493 e. The first-order chi connectivity index (χ1) is 14.0. The van der Waals surface area contributed by atoms with Crippen LogP contribution in [0.15, 0.2) is 65.8 Å². The van der Waals surface area contributed by atoms with Crippen molar-refractivity contribution < 1.29 is 13.2 Å². The molecule has 3 aromatic rings. The first-order valence-corrected chi connectivity index (χ1v) is 11.2. The number of hydrogen-bond donors (Lipinski definition) is 0. The fraction of sp³-hybridized carbons (Fsp3) is 0.261. The Morgan fingerprint density at radius 1 is 1.03 bits per heavy atom. The van der Waals surface area contributed by atoms with E-state index in [1.54, 1.807) is 30.6 Å². The molecule has 2 aromatic carbocycles. The van der Waals surface area contributed by atoms with Crippen LogP contribution in [0.3, 0.4) is 0 Å². The Morgan fingerprint density at radius 3 is 2.55 bits per heavy atom. The van der Waals surface area contributed by atoms with E-state index in [0.717, 1.165) is 40.1 Å². The second-order valence-electron chi connectivity index (χ2n) is 7.18. The highest BCUT2D eigenvalue weighted by molar-refractivity contribution is 7.92. The minimum atomic E-state index is -3.62. The van der Waals surface area contributed by atoms with Gasteiger partial charge in [0, 0.05) is 18.9 Å². The summed E-state index contributed by atoms with van der Waals surface area (Å²) in [4.78, 5) is 4.35. The number of pyridine rings is 1. The van der Waals surface area contributed by atoms with Crippen LogP contribution in [0.2, 0.25) is 0 Å².